The van der Waals surface area contributed by atoms with Crippen molar-refractivity contribution in [1.82, 2.24) is 5.32 Å². The zero-order valence-electron chi connectivity index (χ0n) is 10.1. The van der Waals surface area contributed by atoms with Gasteiger partial charge in [0.2, 0.25) is 0 Å². The van der Waals surface area contributed by atoms with Gasteiger partial charge >= 0.3 is 0 Å². The summed E-state index contributed by atoms with van der Waals surface area (Å²) >= 11 is 5.81. The Hall–Kier alpha value is -0.640. The second-order valence-corrected chi connectivity index (χ2v) is 4.40. The first-order valence-corrected chi connectivity index (χ1v) is 6.25. The molecule has 96 valence electrons. The number of ether oxygens (including phenoxy) is 1. The summed E-state index contributed by atoms with van der Waals surface area (Å²) in [6.07, 6.45) is 3.27. The van der Waals surface area contributed by atoms with Gasteiger partial charge in [-0.15, -0.1) is 0 Å². The van der Waals surface area contributed by atoms with Gasteiger partial charge in [0.05, 0.1) is 0 Å². The van der Waals surface area contributed by atoms with Crippen molar-refractivity contribution in [3.63, 3.8) is 0 Å². The third-order valence-electron chi connectivity index (χ3n) is 2.53. The maximum Gasteiger partial charge on any atom is 0.127 e. The first-order chi connectivity index (χ1) is 8.24. The van der Waals surface area contributed by atoms with Gasteiger partial charge < -0.3 is 10.1 Å². The molecule has 1 N–H and O–H groups in total. The van der Waals surface area contributed by atoms with Gasteiger partial charge in [-0.05, 0) is 44.0 Å². The second kappa shape index (κ2) is 8.45. The fraction of sp³-hybridized carbons (Fsp3) is 0.538. The summed E-state index contributed by atoms with van der Waals surface area (Å²) in [6, 6.07) is 4.62. The third-order valence-corrected chi connectivity index (χ3v) is 2.76. The predicted octanol–water partition coefficient (Wildman–Crippen LogP) is 3.39. The molecule has 0 radical (unpaired) electrons. The predicted molar refractivity (Wildman–Crippen MR) is 68.8 cm³/mol. The van der Waals surface area contributed by atoms with Gasteiger partial charge in [-0.25, -0.2) is 4.39 Å². The molecule has 17 heavy (non-hydrogen) atoms. The van der Waals surface area contributed by atoms with Crippen LogP contribution in [0.3, 0.4) is 0 Å². The molecule has 0 saturated heterocycles. The Morgan fingerprint density at radius 2 is 2.12 bits per heavy atom. The lowest BCUT2D eigenvalue weighted by molar-refractivity contribution is 0.192. The molecule has 1 aromatic carbocycles. The van der Waals surface area contributed by atoms with Gasteiger partial charge in [0.25, 0.3) is 0 Å². The van der Waals surface area contributed by atoms with Crippen molar-refractivity contribution in [2.45, 2.75) is 25.8 Å². The summed E-state index contributed by atoms with van der Waals surface area (Å²) < 4.78 is 18.3. The summed E-state index contributed by atoms with van der Waals surface area (Å²) in [5, 5.41) is 3.78. The van der Waals surface area contributed by atoms with Crippen LogP contribution >= 0.6 is 11.6 Å². The van der Waals surface area contributed by atoms with Crippen molar-refractivity contribution in [2.75, 3.05) is 20.3 Å². The standard InChI is InChI=1S/C13H19ClFNO/c1-17-8-4-2-3-7-16-10-11-9-12(14)5-6-13(11)15/h5-6,9,16H,2-4,7-8,10H2,1H3. The summed E-state index contributed by atoms with van der Waals surface area (Å²) in [7, 11) is 1.71. The van der Waals surface area contributed by atoms with Gasteiger partial charge in [0.15, 0.2) is 0 Å². The van der Waals surface area contributed by atoms with E-state index in [1.165, 1.54) is 6.07 Å². The number of rotatable bonds is 8. The summed E-state index contributed by atoms with van der Waals surface area (Å²) in [4.78, 5) is 0. The van der Waals surface area contributed by atoms with Crippen molar-refractivity contribution < 1.29 is 9.13 Å². The summed E-state index contributed by atoms with van der Waals surface area (Å²) in [5.41, 5.74) is 0.620. The van der Waals surface area contributed by atoms with Gasteiger partial charge in [0.1, 0.15) is 5.82 Å². The highest BCUT2D eigenvalue weighted by Crippen LogP contribution is 2.14. The van der Waals surface area contributed by atoms with Gasteiger partial charge in [-0.1, -0.05) is 11.6 Å². The molecule has 0 spiro atoms. The van der Waals surface area contributed by atoms with E-state index in [9.17, 15) is 4.39 Å². The largest absolute Gasteiger partial charge is 0.385 e. The maximum atomic E-state index is 13.3. The van der Waals surface area contributed by atoms with Crippen molar-refractivity contribution in [3.05, 3.63) is 34.6 Å². The molecule has 0 amide bonds. The highest BCUT2D eigenvalue weighted by atomic mass is 35.5. The SMILES string of the molecule is COCCCCCNCc1cc(Cl)ccc1F. The number of methoxy groups -OCH3 is 1. The Bertz CT molecular complexity index is 333. The Kier molecular flexibility index (Phi) is 7.17. The lowest BCUT2D eigenvalue weighted by Crippen LogP contribution is -2.15. The van der Waals surface area contributed by atoms with Crippen LogP contribution in [0.2, 0.25) is 5.02 Å². The summed E-state index contributed by atoms with van der Waals surface area (Å²) in [6.45, 7) is 2.22. The zero-order valence-corrected chi connectivity index (χ0v) is 10.9. The van der Waals surface area contributed by atoms with E-state index in [4.69, 9.17) is 16.3 Å². The minimum Gasteiger partial charge on any atom is -0.385 e. The van der Waals surface area contributed by atoms with Crippen LogP contribution in [0, 0.1) is 5.82 Å². The molecule has 0 aromatic heterocycles. The number of hydrogen-bond donors (Lipinski definition) is 1. The topological polar surface area (TPSA) is 21.3 Å². The molecule has 0 atom stereocenters. The minimum atomic E-state index is -0.207. The van der Waals surface area contributed by atoms with Crippen molar-refractivity contribution in [3.8, 4) is 0 Å². The van der Waals surface area contributed by atoms with E-state index in [1.807, 2.05) is 0 Å². The number of benzene rings is 1. The molecule has 0 heterocycles. The molecular weight excluding hydrogens is 241 g/mol. The lowest BCUT2D eigenvalue weighted by atomic mass is 10.2. The number of halogens is 2. The average molecular weight is 260 g/mol. The molecule has 0 fully saturated rings. The quantitative estimate of drug-likeness (QED) is 0.723. The zero-order chi connectivity index (χ0) is 12.5. The molecular formula is C13H19ClFNO. The molecule has 1 aromatic rings. The minimum absolute atomic E-state index is 0.207. The third kappa shape index (κ3) is 6.01. The van der Waals surface area contributed by atoms with Crippen molar-refractivity contribution in [2.24, 2.45) is 0 Å². The fourth-order valence-corrected chi connectivity index (χ4v) is 1.77. The second-order valence-electron chi connectivity index (χ2n) is 3.97. The monoisotopic (exact) mass is 259 g/mol. The summed E-state index contributed by atoms with van der Waals surface area (Å²) in [5.74, 6) is -0.207. The van der Waals surface area contributed by atoms with E-state index >= 15 is 0 Å². The van der Waals surface area contributed by atoms with E-state index in [2.05, 4.69) is 5.32 Å². The lowest BCUT2D eigenvalue weighted by Gasteiger charge is -2.06. The Morgan fingerprint density at radius 1 is 1.29 bits per heavy atom. The molecule has 0 aliphatic rings. The van der Waals surface area contributed by atoms with Crippen LogP contribution in [0.4, 0.5) is 4.39 Å². The van der Waals surface area contributed by atoms with E-state index in [1.54, 1.807) is 19.2 Å². The first-order valence-electron chi connectivity index (χ1n) is 5.87. The van der Waals surface area contributed by atoms with Crippen LogP contribution in [0.5, 0.6) is 0 Å². The Labute approximate surface area is 107 Å². The van der Waals surface area contributed by atoms with Gasteiger partial charge in [0, 0.05) is 30.8 Å². The molecule has 2 nitrogen and oxygen atoms in total. The highest BCUT2D eigenvalue weighted by molar-refractivity contribution is 6.30. The van der Waals surface area contributed by atoms with E-state index in [0.29, 0.717) is 17.1 Å². The highest BCUT2D eigenvalue weighted by Gasteiger charge is 2.01. The normalized spacial score (nSPS) is 10.8. The van der Waals surface area contributed by atoms with Crippen LogP contribution in [0.25, 0.3) is 0 Å². The smallest absolute Gasteiger partial charge is 0.127 e. The first kappa shape index (κ1) is 14.4. The van der Waals surface area contributed by atoms with Crippen LogP contribution in [-0.2, 0) is 11.3 Å². The van der Waals surface area contributed by atoms with E-state index in [0.717, 1.165) is 32.4 Å². The molecule has 0 bridgehead atoms. The van der Waals surface area contributed by atoms with Gasteiger partial charge in [-0.2, -0.15) is 0 Å². The molecule has 0 aliphatic heterocycles. The Balaban J connectivity index is 2.15. The number of unbranched alkanes of at least 4 members (excludes halogenated alkanes) is 2. The van der Waals surface area contributed by atoms with E-state index in [-0.39, 0.29) is 5.82 Å². The maximum absolute atomic E-state index is 13.3. The molecule has 0 unspecified atom stereocenters. The van der Waals surface area contributed by atoms with Crippen molar-refractivity contribution in [1.29, 1.82) is 0 Å². The Morgan fingerprint density at radius 3 is 2.88 bits per heavy atom. The fourth-order valence-electron chi connectivity index (χ4n) is 1.58. The molecule has 4 heteroatoms. The van der Waals surface area contributed by atoms with Crippen LogP contribution in [0.1, 0.15) is 24.8 Å². The van der Waals surface area contributed by atoms with Crippen LogP contribution in [0.15, 0.2) is 18.2 Å². The van der Waals surface area contributed by atoms with Gasteiger partial charge in [-0.3, -0.25) is 0 Å². The van der Waals surface area contributed by atoms with E-state index < -0.39 is 0 Å². The molecule has 0 aliphatic carbocycles. The molecule has 0 saturated carbocycles. The molecule has 1 rings (SSSR count). The van der Waals surface area contributed by atoms with Crippen LogP contribution in [-0.4, -0.2) is 20.3 Å². The van der Waals surface area contributed by atoms with Crippen LogP contribution < -0.4 is 5.32 Å². The number of nitrogens with one attached hydrogen (secondary N) is 1. The number of hydrogen-bond acceptors (Lipinski definition) is 2. The average Bonchev–Trinajstić information content (AvgIpc) is 2.32. The van der Waals surface area contributed by atoms with Crippen molar-refractivity contribution >= 4 is 11.6 Å².